The zero-order chi connectivity index (χ0) is 23.4. The van der Waals surface area contributed by atoms with E-state index in [1.54, 1.807) is 13.2 Å². The number of benzene rings is 2. The molecule has 1 amide bonds. The Hall–Kier alpha value is -2.97. The monoisotopic (exact) mass is 458 g/mol. The Bertz CT molecular complexity index is 965. The molecule has 2 aliphatic rings. The molecular weight excluding hydrogens is 430 g/mol. The molecule has 0 spiro atoms. The summed E-state index contributed by atoms with van der Waals surface area (Å²) in [5.41, 5.74) is 1.55. The molecule has 2 aromatic carbocycles. The molecule has 0 saturated carbocycles. The van der Waals surface area contributed by atoms with E-state index in [0.29, 0.717) is 31.7 Å². The zero-order valence-electron chi connectivity index (χ0n) is 18.5. The minimum absolute atomic E-state index is 0.0437. The van der Waals surface area contributed by atoms with Gasteiger partial charge in [0.1, 0.15) is 23.5 Å². The summed E-state index contributed by atoms with van der Waals surface area (Å²) in [6.07, 6.45) is 1.58. The molecule has 0 unspecified atom stereocenters. The van der Waals surface area contributed by atoms with Crippen LogP contribution in [0.4, 0.5) is 13.6 Å². The van der Waals surface area contributed by atoms with Crippen molar-refractivity contribution < 1.29 is 27.8 Å². The predicted molar refractivity (Wildman–Crippen MR) is 119 cm³/mol. The largest absolute Gasteiger partial charge is 0.497 e. The first kappa shape index (κ1) is 23.2. The number of hydrogen-bond donors (Lipinski definition) is 1. The lowest BCUT2D eigenvalue weighted by molar-refractivity contribution is 0.0620. The van der Waals surface area contributed by atoms with Gasteiger partial charge in [-0.2, -0.15) is 0 Å². The fourth-order valence-electron chi connectivity index (χ4n) is 4.67. The second-order valence-electron chi connectivity index (χ2n) is 8.43. The number of ether oxygens (including phenoxy) is 3. The first-order valence-corrected chi connectivity index (χ1v) is 11.0. The van der Waals surface area contributed by atoms with Crippen LogP contribution in [-0.2, 0) is 22.4 Å². The van der Waals surface area contributed by atoms with E-state index in [4.69, 9.17) is 14.2 Å². The van der Waals surface area contributed by atoms with Crippen molar-refractivity contribution in [2.75, 3.05) is 20.3 Å². The lowest BCUT2D eigenvalue weighted by atomic mass is 9.95. The van der Waals surface area contributed by atoms with Crippen LogP contribution < -0.4 is 10.1 Å². The Morgan fingerprint density at radius 2 is 1.91 bits per heavy atom. The standard InChI is InChI=1S/C25H28F2N2O4/c1-3-8-32-21-13-23(29(15-21)14-16-4-6-20(31-2)7-5-16)24-22(28-25(30)33-24)11-17-9-18(26)12-19(27)10-17/h3-7,9-10,12,21-24H,1,8,11,13-15H2,2H3,(H,28,30)/t21-,22+,23-,24+/m1/s1. The van der Waals surface area contributed by atoms with Crippen molar-refractivity contribution in [1.29, 1.82) is 0 Å². The van der Waals surface area contributed by atoms with E-state index in [9.17, 15) is 13.6 Å². The van der Waals surface area contributed by atoms with Gasteiger partial charge in [-0.3, -0.25) is 4.90 Å². The maximum atomic E-state index is 13.7. The first-order valence-electron chi connectivity index (χ1n) is 11.0. The summed E-state index contributed by atoms with van der Waals surface area (Å²) >= 11 is 0. The molecule has 2 saturated heterocycles. The summed E-state index contributed by atoms with van der Waals surface area (Å²) in [6, 6.07) is 10.7. The van der Waals surface area contributed by atoms with Gasteiger partial charge in [-0.15, -0.1) is 6.58 Å². The number of rotatable bonds is 9. The number of cyclic esters (lactones) is 1. The molecule has 6 nitrogen and oxygen atoms in total. The quantitative estimate of drug-likeness (QED) is 0.579. The smallest absolute Gasteiger partial charge is 0.407 e. The molecule has 2 heterocycles. The molecule has 0 radical (unpaired) electrons. The van der Waals surface area contributed by atoms with Crippen LogP contribution in [0.15, 0.2) is 55.1 Å². The highest BCUT2D eigenvalue weighted by Crippen LogP contribution is 2.31. The number of alkyl carbamates (subject to hydrolysis) is 1. The van der Waals surface area contributed by atoms with Crippen molar-refractivity contribution >= 4 is 6.09 Å². The van der Waals surface area contributed by atoms with Gasteiger partial charge in [-0.1, -0.05) is 18.2 Å². The third kappa shape index (κ3) is 5.69. The van der Waals surface area contributed by atoms with E-state index in [1.165, 1.54) is 12.1 Å². The van der Waals surface area contributed by atoms with Crippen LogP contribution in [0.5, 0.6) is 5.75 Å². The first-order chi connectivity index (χ1) is 15.9. The molecule has 4 rings (SSSR count). The molecule has 0 aromatic heterocycles. The van der Waals surface area contributed by atoms with E-state index in [1.807, 2.05) is 24.3 Å². The predicted octanol–water partition coefficient (Wildman–Crippen LogP) is 3.84. The molecule has 2 aliphatic heterocycles. The van der Waals surface area contributed by atoms with Gasteiger partial charge < -0.3 is 19.5 Å². The molecule has 33 heavy (non-hydrogen) atoms. The molecule has 2 fully saturated rings. The number of carbonyl (C=O) groups excluding carboxylic acids is 1. The minimum atomic E-state index is -0.647. The topological polar surface area (TPSA) is 60.0 Å². The Balaban J connectivity index is 1.54. The van der Waals surface area contributed by atoms with Crippen molar-refractivity contribution in [2.45, 2.75) is 43.7 Å². The van der Waals surface area contributed by atoms with Crippen LogP contribution in [0.1, 0.15) is 17.5 Å². The van der Waals surface area contributed by atoms with Gasteiger partial charge in [0.25, 0.3) is 0 Å². The van der Waals surface area contributed by atoms with Gasteiger partial charge in [0.05, 0.1) is 31.9 Å². The Morgan fingerprint density at radius 1 is 1.18 bits per heavy atom. The highest BCUT2D eigenvalue weighted by atomic mass is 19.1. The van der Waals surface area contributed by atoms with Crippen LogP contribution >= 0.6 is 0 Å². The van der Waals surface area contributed by atoms with Gasteiger partial charge in [0.2, 0.25) is 0 Å². The summed E-state index contributed by atoms with van der Waals surface area (Å²) in [7, 11) is 1.62. The molecule has 4 atom stereocenters. The average Bonchev–Trinajstić information content (AvgIpc) is 3.34. The van der Waals surface area contributed by atoms with Crippen LogP contribution in [0.25, 0.3) is 0 Å². The van der Waals surface area contributed by atoms with Crippen molar-refractivity contribution in [3.63, 3.8) is 0 Å². The molecular formula is C25H28F2N2O4. The van der Waals surface area contributed by atoms with Gasteiger partial charge in [0, 0.05) is 19.2 Å². The third-order valence-electron chi connectivity index (χ3n) is 6.11. The molecule has 1 N–H and O–H groups in total. The highest BCUT2D eigenvalue weighted by molar-refractivity contribution is 5.70. The lowest BCUT2D eigenvalue weighted by Crippen LogP contribution is -2.46. The van der Waals surface area contributed by atoms with Crippen LogP contribution in [0.2, 0.25) is 0 Å². The number of likely N-dealkylation sites (tertiary alicyclic amines) is 1. The average molecular weight is 459 g/mol. The number of amides is 1. The van der Waals surface area contributed by atoms with Crippen LogP contribution in [0.3, 0.4) is 0 Å². The molecule has 0 aliphatic carbocycles. The highest BCUT2D eigenvalue weighted by Gasteiger charge is 2.46. The van der Waals surface area contributed by atoms with Crippen molar-refractivity contribution in [3.05, 3.63) is 77.9 Å². The number of halogens is 2. The van der Waals surface area contributed by atoms with E-state index >= 15 is 0 Å². The fourth-order valence-corrected chi connectivity index (χ4v) is 4.67. The van der Waals surface area contributed by atoms with Gasteiger partial charge in [-0.25, -0.2) is 13.6 Å². The maximum absolute atomic E-state index is 13.7. The maximum Gasteiger partial charge on any atom is 0.407 e. The molecule has 176 valence electrons. The van der Waals surface area contributed by atoms with Gasteiger partial charge in [-0.05, 0) is 48.2 Å². The summed E-state index contributed by atoms with van der Waals surface area (Å²) in [5, 5.41) is 2.82. The zero-order valence-corrected chi connectivity index (χ0v) is 18.5. The SMILES string of the molecule is C=CCO[C@@H]1C[C@H]([C@H]2OC(=O)N[C@H]2Cc2cc(F)cc(F)c2)N(Cc2ccc(OC)cc2)C1. The van der Waals surface area contributed by atoms with Crippen molar-refractivity contribution in [3.8, 4) is 5.75 Å². The second-order valence-corrected chi connectivity index (χ2v) is 8.43. The molecule has 0 bridgehead atoms. The third-order valence-corrected chi connectivity index (χ3v) is 6.11. The minimum Gasteiger partial charge on any atom is -0.497 e. The summed E-state index contributed by atoms with van der Waals surface area (Å²) < 4.78 is 44.2. The number of nitrogens with one attached hydrogen (secondary N) is 1. The summed E-state index contributed by atoms with van der Waals surface area (Å²) in [6.45, 7) is 5.45. The molecule has 8 heteroatoms. The van der Waals surface area contributed by atoms with E-state index in [2.05, 4.69) is 16.8 Å². The Kier molecular flexibility index (Phi) is 7.25. The summed E-state index contributed by atoms with van der Waals surface area (Å²) in [4.78, 5) is 14.4. The Morgan fingerprint density at radius 3 is 2.58 bits per heavy atom. The van der Waals surface area contributed by atoms with Crippen LogP contribution in [-0.4, -0.2) is 55.5 Å². The van der Waals surface area contributed by atoms with Gasteiger partial charge in [0.15, 0.2) is 0 Å². The normalized spacial score (nSPS) is 25.0. The van der Waals surface area contributed by atoms with E-state index in [0.717, 1.165) is 17.4 Å². The number of carbonyl (C=O) groups is 1. The van der Waals surface area contributed by atoms with E-state index in [-0.39, 0.29) is 18.6 Å². The second kappa shape index (κ2) is 10.3. The summed E-state index contributed by atoms with van der Waals surface area (Å²) in [5.74, 6) is -0.515. The number of hydrogen-bond acceptors (Lipinski definition) is 5. The van der Waals surface area contributed by atoms with Crippen molar-refractivity contribution in [1.82, 2.24) is 10.2 Å². The van der Waals surface area contributed by atoms with Gasteiger partial charge >= 0.3 is 6.09 Å². The lowest BCUT2D eigenvalue weighted by Gasteiger charge is -2.30. The van der Waals surface area contributed by atoms with Crippen LogP contribution in [0, 0.1) is 11.6 Å². The number of methoxy groups -OCH3 is 1. The fraction of sp³-hybridized carbons (Fsp3) is 0.400. The molecule has 2 aromatic rings. The van der Waals surface area contributed by atoms with Crippen molar-refractivity contribution in [2.24, 2.45) is 0 Å². The number of nitrogens with zero attached hydrogens (tertiary/aromatic N) is 1. The van der Waals surface area contributed by atoms with E-state index < -0.39 is 29.9 Å². The Labute approximate surface area is 192 Å².